The van der Waals surface area contributed by atoms with Gasteiger partial charge in [-0.2, -0.15) is 0 Å². The topological polar surface area (TPSA) is 91.5 Å². The molecule has 2 rings (SSSR count). The minimum absolute atomic E-state index is 0.0498. The van der Waals surface area contributed by atoms with Gasteiger partial charge >= 0.3 is 0 Å². The number of rotatable bonds is 5. The normalized spacial score (nSPS) is 14.4. The lowest BCUT2D eigenvalue weighted by molar-refractivity contribution is 0.0707. The third kappa shape index (κ3) is 2.72. The molecule has 0 spiro atoms. The van der Waals surface area contributed by atoms with Crippen LogP contribution in [0.2, 0.25) is 5.02 Å². The van der Waals surface area contributed by atoms with Crippen molar-refractivity contribution < 1.29 is 9.90 Å². The average molecular weight is 271 g/mol. The van der Waals surface area contributed by atoms with Gasteiger partial charge in [-0.3, -0.25) is 4.79 Å². The molecule has 0 aliphatic heterocycles. The molecule has 1 amide bonds. The van der Waals surface area contributed by atoms with Gasteiger partial charge in [-0.05, 0) is 18.9 Å². The van der Waals surface area contributed by atoms with Crippen molar-refractivity contribution in [1.29, 1.82) is 0 Å². The third-order valence-corrected chi connectivity index (χ3v) is 3.10. The lowest BCUT2D eigenvalue weighted by atomic mass is 10.2. The van der Waals surface area contributed by atoms with Crippen molar-refractivity contribution in [1.82, 2.24) is 9.88 Å². The van der Waals surface area contributed by atoms with Crippen LogP contribution < -0.4 is 11.3 Å². The lowest BCUT2D eigenvalue weighted by Crippen LogP contribution is -2.35. The predicted molar refractivity (Wildman–Crippen MR) is 68.2 cm³/mol. The maximum atomic E-state index is 12.2. The zero-order chi connectivity index (χ0) is 13.1. The van der Waals surface area contributed by atoms with Crippen molar-refractivity contribution in [3.8, 4) is 0 Å². The van der Waals surface area contributed by atoms with Crippen LogP contribution in [-0.4, -0.2) is 40.1 Å². The number of aliphatic hydroxyl groups excluding tert-OH is 1. The van der Waals surface area contributed by atoms with Crippen molar-refractivity contribution in [3.63, 3.8) is 0 Å². The summed E-state index contributed by atoms with van der Waals surface area (Å²) in [4.78, 5) is 17.9. The standard InChI is InChI=1S/C11H15ClN4O2/c12-9-5-7(6-14-10(9)15-13)11(18)16(3-4-17)8-1-2-8/h5-6,8,17H,1-4,13H2,(H,14,15). The minimum Gasteiger partial charge on any atom is -0.395 e. The van der Waals surface area contributed by atoms with Crippen molar-refractivity contribution in [2.45, 2.75) is 18.9 Å². The van der Waals surface area contributed by atoms with Crippen molar-refractivity contribution in [2.75, 3.05) is 18.6 Å². The van der Waals surface area contributed by atoms with E-state index < -0.39 is 0 Å². The Kier molecular flexibility index (Phi) is 4.00. The molecule has 18 heavy (non-hydrogen) atoms. The third-order valence-electron chi connectivity index (χ3n) is 2.81. The van der Waals surface area contributed by atoms with Crippen LogP contribution in [0, 0.1) is 0 Å². The molecule has 6 nitrogen and oxygen atoms in total. The number of pyridine rings is 1. The van der Waals surface area contributed by atoms with E-state index in [1.165, 1.54) is 12.3 Å². The molecule has 1 aromatic rings. The minimum atomic E-state index is -0.162. The Morgan fingerprint density at radius 1 is 1.67 bits per heavy atom. The second-order valence-corrected chi connectivity index (χ2v) is 4.56. The van der Waals surface area contributed by atoms with Crippen molar-refractivity contribution >= 4 is 23.3 Å². The van der Waals surface area contributed by atoms with Crippen LogP contribution in [0.3, 0.4) is 0 Å². The first-order valence-corrected chi connectivity index (χ1v) is 6.09. The maximum Gasteiger partial charge on any atom is 0.255 e. The molecule has 0 bridgehead atoms. The summed E-state index contributed by atoms with van der Waals surface area (Å²) < 4.78 is 0. The monoisotopic (exact) mass is 270 g/mol. The maximum absolute atomic E-state index is 12.2. The van der Waals surface area contributed by atoms with Gasteiger partial charge in [-0.15, -0.1) is 0 Å². The number of nitrogens with one attached hydrogen (secondary N) is 1. The fourth-order valence-corrected chi connectivity index (χ4v) is 1.99. The second kappa shape index (κ2) is 5.51. The van der Waals surface area contributed by atoms with Gasteiger partial charge in [-0.1, -0.05) is 11.6 Å². The van der Waals surface area contributed by atoms with Crippen molar-refractivity contribution in [2.24, 2.45) is 5.84 Å². The second-order valence-electron chi connectivity index (χ2n) is 4.15. The van der Waals surface area contributed by atoms with Crippen LogP contribution in [0.25, 0.3) is 0 Å². The number of aromatic nitrogens is 1. The summed E-state index contributed by atoms with van der Waals surface area (Å²) in [7, 11) is 0. The number of halogens is 1. The molecular formula is C11H15ClN4O2. The number of hydrogen-bond acceptors (Lipinski definition) is 5. The summed E-state index contributed by atoms with van der Waals surface area (Å²) in [5.74, 6) is 5.38. The van der Waals surface area contributed by atoms with Crippen LogP contribution in [-0.2, 0) is 0 Å². The van der Waals surface area contributed by atoms with Gasteiger partial charge in [0.1, 0.15) is 0 Å². The number of hydrazine groups is 1. The highest BCUT2D eigenvalue weighted by Gasteiger charge is 2.32. The zero-order valence-electron chi connectivity index (χ0n) is 9.77. The van der Waals surface area contributed by atoms with Gasteiger partial charge in [0.25, 0.3) is 5.91 Å². The Labute approximate surface area is 110 Å². The van der Waals surface area contributed by atoms with E-state index in [0.29, 0.717) is 22.9 Å². The lowest BCUT2D eigenvalue weighted by Gasteiger charge is -2.21. The quantitative estimate of drug-likeness (QED) is 0.539. The molecule has 1 aromatic heterocycles. The number of carbonyl (C=O) groups is 1. The molecule has 98 valence electrons. The van der Waals surface area contributed by atoms with E-state index in [-0.39, 0.29) is 18.6 Å². The van der Waals surface area contributed by atoms with Crippen LogP contribution in [0.15, 0.2) is 12.3 Å². The predicted octanol–water partition coefficient (Wildman–Crippen LogP) is 0.617. The van der Waals surface area contributed by atoms with Gasteiger partial charge in [0.05, 0.1) is 17.2 Å². The largest absolute Gasteiger partial charge is 0.395 e. The number of hydrogen-bond donors (Lipinski definition) is 3. The van der Waals surface area contributed by atoms with E-state index in [0.717, 1.165) is 12.8 Å². The molecule has 1 aliphatic carbocycles. The number of nitrogen functional groups attached to an aromatic ring is 1. The highest BCUT2D eigenvalue weighted by Crippen LogP contribution is 2.28. The van der Waals surface area contributed by atoms with E-state index >= 15 is 0 Å². The molecular weight excluding hydrogens is 256 g/mol. The highest BCUT2D eigenvalue weighted by atomic mass is 35.5. The number of carbonyl (C=O) groups excluding carboxylic acids is 1. The SMILES string of the molecule is NNc1ncc(C(=O)N(CCO)C2CC2)cc1Cl. The first-order chi connectivity index (χ1) is 8.67. The molecule has 1 saturated carbocycles. The van der Waals surface area contributed by atoms with Gasteiger partial charge in [-0.25, -0.2) is 10.8 Å². The van der Waals surface area contributed by atoms with Crippen LogP contribution >= 0.6 is 11.6 Å². The van der Waals surface area contributed by atoms with E-state index in [4.69, 9.17) is 22.6 Å². The summed E-state index contributed by atoms with van der Waals surface area (Å²) >= 11 is 5.93. The summed E-state index contributed by atoms with van der Waals surface area (Å²) in [5.41, 5.74) is 2.75. The number of anilines is 1. The van der Waals surface area contributed by atoms with E-state index in [1.54, 1.807) is 4.90 Å². The molecule has 0 saturated heterocycles. The highest BCUT2D eigenvalue weighted by molar-refractivity contribution is 6.33. The Bertz CT molecular complexity index is 451. The molecule has 1 heterocycles. The molecule has 4 N–H and O–H groups in total. The van der Waals surface area contributed by atoms with Crippen LogP contribution in [0.5, 0.6) is 0 Å². The van der Waals surface area contributed by atoms with Gasteiger partial charge in [0.15, 0.2) is 5.82 Å². The molecule has 0 aromatic carbocycles. The molecule has 1 aliphatic rings. The van der Waals surface area contributed by atoms with E-state index in [9.17, 15) is 4.79 Å². The first-order valence-electron chi connectivity index (χ1n) is 5.71. The number of aliphatic hydroxyl groups is 1. The molecule has 0 radical (unpaired) electrons. The Balaban J connectivity index is 2.18. The fourth-order valence-electron chi connectivity index (χ4n) is 1.77. The first kappa shape index (κ1) is 13.1. The van der Waals surface area contributed by atoms with Gasteiger partial charge in [0.2, 0.25) is 0 Å². The Morgan fingerprint density at radius 2 is 2.39 bits per heavy atom. The fraction of sp³-hybridized carbons (Fsp3) is 0.455. The number of nitrogens with zero attached hydrogens (tertiary/aromatic N) is 2. The Hall–Kier alpha value is -1.37. The summed E-state index contributed by atoms with van der Waals surface area (Å²) in [6, 6.07) is 1.76. The average Bonchev–Trinajstić information content (AvgIpc) is 3.19. The summed E-state index contributed by atoms with van der Waals surface area (Å²) in [5, 5.41) is 9.28. The van der Waals surface area contributed by atoms with Crippen LogP contribution in [0.1, 0.15) is 23.2 Å². The summed E-state index contributed by atoms with van der Waals surface area (Å²) in [6.45, 7) is 0.282. The van der Waals surface area contributed by atoms with E-state index in [2.05, 4.69) is 10.4 Å². The zero-order valence-corrected chi connectivity index (χ0v) is 10.5. The smallest absolute Gasteiger partial charge is 0.255 e. The summed E-state index contributed by atoms with van der Waals surface area (Å²) in [6.07, 6.45) is 3.39. The molecule has 0 atom stereocenters. The van der Waals surface area contributed by atoms with Gasteiger partial charge < -0.3 is 15.4 Å². The Morgan fingerprint density at radius 3 is 2.89 bits per heavy atom. The molecule has 7 heteroatoms. The number of nitrogens with two attached hydrogens (primary N) is 1. The number of amides is 1. The van der Waals surface area contributed by atoms with Crippen LogP contribution in [0.4, 0.5) is 5.82 Å². The van der Waals surface area contributed by atoms with Crippen molar-refractivity contribution in [3.05, 3.63) is 22.8 Å². The van der Waals surface area contributed by atoms with Gasteiger partial charge in [0, 0.05) is 18.8 Å². The molecule has 1 fully saturated rings. The molecule has 0 unspecified atom stereocenters. The van der Waals surface area contributed by atoms with E-state index in [1.807, 2.05) is 0 Å².